The number of aromatic nitrogens is 4. The number of benzene rings is 3. The average molecular weight is 885 g/mol. The molecule has 0 spiro atoms. The number of nitrogens with one attached hydrogen (secondary N) is 4. The molecular weight excluding hydrogens is 837 g/mol. The van der Waals surface area contributed by atoms with Crippen LogP contribution in [0.15, 0.2) is 89.8 Å². The minimum absolute atomic E-state index is 0.139. The van der Waals surface area contributed by atoms with Crippen molar-refractivity contribution in [2.24, 2.45) is 5.92 Å². The molecule has 3 aromatic carbocycles. The van der Waals surface area contributed by atoms with E-state index >= 15 is 0 Å². The lowest BCUT2D eigenvalue weighted by molar-refractivity contribution is -0.139. The average Bonchev–Trinajstić information content (AvgIpc) is 4.17. The summed E-state index contributed by atoms with van der Waals surface area (Å²) in [5.41, 5.74) is 8.71. The summed E-state index contributed by atoms with van der Waals surface area (Å²) in [6.07, 6.45) is 4.30. The van der Waals surface area contributed by atoms with E-state index < -0.39 is 30.7 Å². The number of rotatable bonds is 12. The summed E-state index contributed by atoms with van der Waals surface area (Å²) in [4.78, 5) is 72.2. The van der Waals surface area contributed by atoms with Gasteiger partial charge in [0, 0.05) is 35.0 Å². The van der Waals surface area contributed by atoms with Gasteiger partial charge in [0.1, 0.15) is 30.3 Å². The molecule has 2 fully saturated rings. The highest BCUT2D eigenvalue weighted by atomic mass is 32.1. The van der Waals surface area contributed by atoms with Crippen LogP contribution in [0.25, 0.3) is 53.9 Å². The molecule has 0 radical (unpaired) electrons. The van der Waals surface area contributed by atoms with Crippen LogP contribution in [0.5, 0.6) is 0 Å². The van der Waals surface area contributed by atoms with Gasteiger partial charge in [-0.15, -0.1) is 22.7 Å². The number of hydrogen-bond donors (Lipinski definition) is 5. The SMILES string of the molecule is COC(=O)N[C@@H](C(=O)N1CCCC1c1nc2cc(-c3csc4c(-c5ccc(-c6cnc(C7CCCN7C(=O)[C@@H](NC(=O)CO)C(C)C)[nH]6)cc5)csc34)ccc2[nH]1)c1ccccc1. The summed E-state index contributed by atoms with van der Waals surface area (Å²) in [5.74, 6) is 0.350. The predicted octanol–water partition coefficient (Wildman–Crippen LogP) is 8.12. The lowest BCUT2D eigenvalue weighted by Gasteiger charge is -2.30. The van der Waals surface area contributed by atoms with Crippen molar-refractivity contribution in [2.45, 2.75) is 63.7 Å². The van der Waals surface area contributed by atoms with Crippen LogP contribution in [0.4, 0.5) is 4.79 Å². The molecule has 4 atom stereocenters. The number of imidazole rings is 2. The van der Waals surface area contributed by atoms with Crippen molar-refractivity contribution in [1.29, 1.82) is 0 Å². The summed E-state index contributed by atoms with van der Waals surface area (Å²) in [5, 5.41) is 19.1. The zero-order chi connectivity index (χ0) is 43.8. The Morgan fingerprint density at radius 2 is 1.44 bits per heavy atom. The third kappa shape index (κ3) is 8.21. The van der Waals surface area contributed by atoms with Gasteiger partial charge in [-0.05, 0) is 66.0 Å². The fourth-order valence-electron chi connectivity index (χ4n) is 8.87. The Bertz CT molecular complexity index is 2790. The van der Waals surface area contributed by atoms with Crippen molar-refractivity contribution < 1.29 is 29.0 Å². The maximum Gasteiger partial charge on any atom is 0.407 e. The number of aliphatic hydroxyl groups excluding tert-OH is 1. The number of amides is 4. The van der Waals surface area contributed by atoms with E-state index in [2.05, 4.69) is 73.8 Å². The minimum atomic E-state index is -0.886. The summed E-state index contributed by atoms with van der Waals surface area (Å²) < 4.78 is 7.27. The van der Waals surface area contributed by atoms with Gasteiger partial charge in [0.15, 0.2) is 0 Å². The van der Waals surface area contributed by atoms with E-state index in [0.717, 1.165) is 70.5 Å². The van der Waals surface area contributed by atoms with Gasteiger partial charge in [0.2, 0.25) is 11.8 Å². The van der Waals surface area contributed by atoms with Crippen LogP contribution >= 0.6 is 22.7 Å². The van der Waals surface area contributed by atoms with E-state index in [1.807, 2.05) is 55.3 Å². The second-order valence-corrected chi connectivity index (χ2v) is 18.1. The number of fused-ring (bicyclic) bond motifs is 2. The molecular formula is C47H48N8O6S2. The van der Waals surface area contributed by atoms with Gasteiger partial charge in [-0.3, -0.25) is 14.4 Å². The van der Waals surface area contributed by atoms with Crippen molar-refractivity contribution in [3.05, 3.63) is 107 Å². The molecule has 2 aliphatic rings. The molecule has 4 amide bonds. The molecule has 6 heterocycles. The molecule has 7 aromatic rings. The van der Waals surface area contributed by atoms with Gasteiger partial charge in [-0.2, -0.15) is 0 Å². The summed E-state index contributed by atoms with van der Waals surface area (Å²) >= 11 is 3.44. The number of alkyl carbamates (subject to hydrolysis) is 1. The molecule has 2 unspecified atom stereocenters. The first-order valence-electron chi connectivity index (χ1n) is 21.2. The minimum Gasteiger partial charge on any atom is -0.453 e. The Balaban J connectivity index is 0.908. The summed E-state index contributed by atoms with van der Waals surface area (Å²) in [7, 11) is 1.29. The van der Waals surface area contributed by atoms with E-state index in [1.165, 1.54) is 22.1 Å². The Morgan fingerprint density at radius 1 is 0.810 bits per heavy atom. The number of likely N-dealkylation sites (tertiary alicyclic amines) is 2. The number of H-pyrrole nitrogens is 2. The fourth-order valence-corrected chi connectivity index (χ4v) is 11.3. The summed E-state index contributed by atoms with van der Waals surface area (Å²) in [6.45, 7) is 4.22. The standard InChI is InChI=1S/C47H48N8O6S2/c1-26(2)39(52-38(57)23-56)45(58)54-19-7-11-36(54)43-48-22-35(51-43)28-15-13-27(14-16-28)31-24-62-42-32(25-63-41(31)42)30-17-18-33-34(21-30)50-44(49-33)37-12-8-20-55(37)46(59)40(53-47(60)61-3)29-9-5-4-6-10-29/h4-6,9-10,13-18,21-22,24-26,36-37,39-40,56H,7-8,11-12,19-20,23H2,1-3H3,(H,48,51)(H,49,50)(H,52,57)(H,53,60)/t36?,37?,39-,40+/m0/s1. The number of nitrogens with zero attached hydrogens (tertiary/aromatic N) is 4. The van der Waals surface area contributed by atoms with Crippen molar-refractivity contribution in [1.82, 2.24) is 40.4 Å². The second-order valence-electron chi connectivity index (χ2n) is 16.4. The Hall–Kier alpha value is -6.36. The van der Waals surface area contributed by atoms with Gasteiger partial charge in [0.05, 0.1) is 51.5 Å². The Morgan fingerprint density at radius 3 is 2.11 bits per heavy atom. The number of aliphatic hydroxyl groups is 1. The van der Waals surface area contributed by atoms with Gasteiger partial charge in [0.25, 0.3) is 5.91 Å². The zero-order valence-corrected chi connectivity index (χ0v) is 36.7. The van der Waals surface area contributed by atoms with E-state index in [4.69, 9.17) is 14.7 Å². The van der Waals surface area contributed by atoms with Crippen LogP contribution in [-0.4, -0.2) is 91.5 Å². The van der Waals surface area contributed by atoms with Crippen molar-refractivity contribution in [3.63, 3.8) is 0 Å². The number of thiophene rings is 2. The maximum absolute atomic E-state index is 14.0. The first-order chi connectivity index (χ1) is 30.6. The van der Waals surface area contributed by atoms with E-state index in [1.54, 1.807) is 27.6 Å². The summed E-state index contributed by atoms with van der Waals surface area (Å²) in [6, 6.07) is 21.8. The van der Waals surface area contributed by atoms with E-state index in [0.29, 0.717) is 24.5 Å². The van der Waals surface area contributed by atoms with E-state index in [-0.39, 0.29) is 29.8 Å². The number of hydrogen-bond acceptors (Lipinski definition) is 10. The topological polar surface area (TPSA) is 186 Å². The van der Waals surface area contributed by atoms with Crippen LogP contribution in [-0.2, 0) is 19.1 Å². The molecule has 2 saturated heterocycles. The maximum atomic E-state index is 14.0. The molecule has 16 heteroatoms. The first-order valence-corrected chi connectivity index (χ1v) is 22.9. The molecule has 324 valence electrons. The largest absolute Gasteiger partial charge is 0.453 e. The molecule has 0 aliphatic carbocycles. The monoisotopic (exact) mass is 884 g/mol. The highest BCUT2D eigenvalue weighted by Crippen LogP contribution is 2.45. The molecule has 2 aliphatic heterocycles. The van der Waals surface area contributed by atoms with Crippen molar-refractivity contribution in [3.8, 4) is 33.5 Å². The third-order valence-electron chi connectivity index (χ3n) is 12.1. The molecule has 5 N–H and O–H groups in total. The quantitative estimate of drug-likeness (QED) is 0.0815. The highest BCUT2D eigenvalue weighted by Gasteiger charge is 2.39. The first kappa shape index (κ1) is 42.0. The fraction of sp³-hybridized carbons (Fsp3) is 0.319. The Kier molecular flexibility index (Phi) is 11.8. The molecule has 4 aromatic heterocycles. The lowest BCUT2D eigenvalue weighted by atomic mass is 10.0. The number of aromatic amines is 2. The molecule has 0 saturated carbocycles. The van der Waals surface area contributed by atoms with Crippen LogP contribution in [0.1, 0.15) is 74.9 Å². The lowest BCUT2D eigenvalue weighted by Crippen LogP contribution is -2.51. The molecule has 63 heavy (non-hydrogen) atoms. The van der Waals surface area contributed by atoms with Gasteiger partial charge in [-0.25, -0.2) is 14.8 Å². The number of ether oxygens (including phenoxy) is 1. The number of methoxy groups -OCH3 is 1. The smallest absolute Gasteiger partial charge is 0.407 e. The van der Waals surface area contributed by atoms with Gasteiger partial charge in [-0.1, -0.05) is 74.5 Å². The van der Waals surface area contributed by atoms with Gasteiger partial charge < -0.3 is 40.2 Å². The Labute approximate surface area is 371 Å². The highest BCUT2D eigenvalue weighted by molar-refractivity contribution is 7.27. The molecule has 9 rings (SSSR count). The number of carbonyl (C=O) groups excluding carboxylic acids is 4. The van der Waals surface area contributed by atoms with Crippen LogP contribution < -0.4 is 10.6 Å². The van der Waals surface area contributed by atoms with Crippen molar-refractivity contribution in [2.75, 3.05) is 26.8 Å². The molecule has 0 bridgehead atoms. The van der Waals surface area contributed by atoms with Crippen LogP contribution in [0.3, 0.4) is 0 Å². The van der Waals surface area contributed by atoms with E-state index in [9.17, 15) is 24.3 Å². The van der Waals surface area contributed by atoms with Crippen molar-refractivity contribution >= 4 is 66.9 Å². The van der Waals surface area contributed by atoms with Crippen LogP contribution in [0.2, 0.25) is 0 Å². The molecule has 14 nitrogen and oxygen atoms in total. The normalized spacial score (nSPS) is 17.4. The second kappa shape index (κ2) is 17.8. The van der Waals surface area contributed by atoms with Crippen LogP contribution in [0, 0.1) is 5.92 Å². The number of carbonyl (C=O) groups is 4. The van der Waals surface area contributed by atoms with Gasteiger partial charge >= 0.3 is 6.09 Å². The predicted molar refractivity (Wildman–Crippen MR) is 244 cm³/mol. The zero-order valence-electron chi connectivity index (χ0n) is 35.1. The third-order valence-corrected chi connectivity index (χ3v) is 14.3.